The van der Waals surface area contributed by atoms with Crippen molar-refractivity contribution in [2.24, 2.45) is 0 Å². The Bertz CT molecular complexity index is 396. The summed E-state index contributed by atoms with van der Waals surface area (Å²) >= 11 is 1.69. The van der Waals surface area contributed by atoms with Crippen LogP contribution in [-0.2, 0) is 22.5 Å². The number of esters is 1. The van der Waals surface area contributed by atoms with Gasteiger partial charge in [0.15, 0.2) is 0 Å². The Balaban J connectivity index is 1.83. The first kappa shape index (κ1) is 12.6. The summed E-state index contributed by atoms with van der Waals surface area (Å²) in [6.45, 7) is 3.18. The third-order valence-corrected chi connectivity index (χ3v) is 4.50. The summed E-state index contributed by atoms with van der Waals surface area (Å²) < 4.78 is 4.66. The van der Waals surface area contributed by atoms with E-state index in [1.165, 1.54) is 31.2 Å². The molecule has 0 amide bonds. The number of methoxy groups -OCH3 is 1. The SMILES string of the molecule is COC(=O)Cc1ccc(CNC2(C)CCC2)s1. The minimum atomic E-state index is -0.169. The molecule has 0 aliphatic heterocycles. The Morgan fingerprint density at radius 2 is 2.18 bits per heavy atom. The topological polar surface area (TPSA) is 38.3 Å². The van der Waals surface area contributed by atoms with Crippen LogP contribution in [-0.4, -0.2) is 18.6 Å². The average Bonchev–Trinajstić information content (AvgIpc) is 2.71. The summed E-state index contributed by atoms with van der Waals surface area (Å²) in [6, 6.07) is 4.11. The average molecular weight is 253 g/mol. The van der Waals surface area contributed by atoms with Crippen LogP contribution in [0.1, 0.15) is 35.9 Å². The Morgan fingerprint density at radius 1 is 1.47 bits per heavy atom. The van der Waals surface area contributed by atoms with E-state index in [9.17, 15) is 4.79 Å². The second-order valence-electron chi connectivity index (χ2n) is 4.89. The molecule has 1 aliphatic carbocycles. The number of rotatable bonds is 5. The van der Waals surface area contributed by atoms with Gasteiger partial charge in [-0.25, -0.2) is 0 Å². The van der Waals surface area contributed by atoms with Gasteiger partial charge in [-0.3, -0.25) is 4.79 Å². The normalized spacial score (nSPS) is 17.5. The number of hydrogen-bond acceptors (Lipinski definition) is 4. The van der Waals surface area contributed by atoms with Crippen molar-refractivity contribution in [1.82, 2.24) is 5.32 Å². The van der Waals surface area contributed by atoms with Crippen molar-refractivity contribution in [3.63, 3.8) is 0 Å². The van der Waals surface area contributed by atoms with E-state index in [-0.39, 0.29) is 5.97 Å². The zero-order valence-corrected chi connectivity index (χ0v) is 11.2. The van der Waals surface area contributed by atoms with Crippen molar-refractivity contribution in [3.05, 3.63) is 21.9 Å². The second kappa shape index (κ2) is 5.19. The van der Waals surface area contributed by atoms with Crippen molar-refractivity contribution in [2.45, 2.75) is 44.7 Å². The summed E-state index contributed by atoms with van der Waals surface area (Å²) in [7, 11) is 1.43. The summed E-state index contributed by atoms with van der Waals surface area (Å²) in [6.07, 6.45) is 4.26. The van der Waals surface area contributed by atoms with Crippen LogP contribution >= 0.6 is 11.3 Å². The monoisotopic (exact) mass is 253 g/mol. The van der Waals surface area contributed by atoms with Crippen LogP contribution in [0.5, 0.6) is 0 Å². The molecule has 2 rings (SSSR count). The molecule has 0 radical (unpaired) electrons. The molecule has 1 aromatic rings. The van der Waals surface area contributed by atoms with Crippen LogP contribution in [0.3, 0.4) is 0 Å². The Kier molecular flexibility index (Phi) is 3.84. The molecule has 1 aromatic heterocycles. The number of hydrogen-bond donors (Lipinski definition) is 1. The van der Waals surface area contributed by atoms with E-state index in [0.717, 1.165) is 11.4 Å². The van der Waals surface area contributed by atoms with Crippen LogP contribution in [0.25, 0.3) is 0 Å². The van der Waals surface area contributed by atoms with Crippen molar-refractivity contribution in [3.8, 4) is 0 Å². The van der Waals surface area contributed by atoms with Crippen LogP contribution in [0, 0.1) is 0 Å². The van der Waals surface area contributed by atoms with Gasteiger partial charge in [-0.15, -0.1) is 11.3 Å². The molecule has 1 N–H and O–H groups in total. The fourth-order valence-electron chi connectivity index (χ4n) is 2.01. The van der Waals surface area contributed by atoms with Gasteiger partial charge in [0.1, 0.15) is 0 Å². The highest BCUT2D eigenvalue weighted by molar-refractivity contribution is 7.12. The molecular weight excluding hydrogens is 234 g/mol. The third kappa shape index (κ3) is 3.30. The molecule has 0 aromatic carbocycles. The van der Waals surface area contributed by atoms with Gasteiger partial charge in [0.05, 0.1) is 13.5 Å². The van der Waals surface area contributed by atoms with E-state index in [1.54, 1.807) is 11.3 Å². The molecule has 0 atom stereocenters. The number of carbonyl (C=O) groups excluding carboxylic acids is 1. The van der Waals surface area contributed by atoms with Gasteiger partial charge in [-0.2, -0.15) is 0 Å². The van der Waals surface area contributed by atoms with Crippen molar-refractivity contribution in [1.29, 1.82) is 0 Å². The molecule has 94 valence electrons. The zero-order valence-electron chi connectivity index (χ0n) is 10.4. The van der Waals surface area contributed by atoms with Crippen LogP contribution in [0.15, 0.2) is 12.1 Å². The predicted molar refractivity (Wildman–Crippen MR) is 69.1 cm³/mol. The number of ether oxygens (including phenoxy) is 1. The maximum atomic E-state index is 11.1. The van der Waals surface area contributed by atoms with Gasteiger partial charge in [0.2, 0.25) is 0 Å². The van der Waals surface area contributed by atoms with Crippen molar-refractivity contribution in [2.75, 3.05) is 7.11 Å². The first-order valence-corrected chi connectivity index (χ1v) is 6.82. The van der Waals surface area contributed by atoms with E-state index >= 15 is 0 Å². The molecule has 0 saturated heterocycles. The van der Waals surface area contributed by atoms with E-state index in [0.29, 0.717) is 12.0 Å². The third-order valence-electron chi connectivity index (χ3n) is 3.41. The lowest BCUT2D eigenvalue weighted by Crippen LogP contribution is -2.47. The van der Waals surface area contributed by atoms with E-state index in [1.807, 2.05) is 6.07 Å². The Morgan fingerprint density at radius 3 is 2.76 bits per heavy atom. The largest absolute Gasteiger partial charge is 0.469 e. The van der Waals surface area contributed by atoms with Gasteiger partial charge in [0, 0.05) is 21.8 Å². The van der Waals surface area contributed by atoms with E-state index in [4.69, 9.17) is 0 Å². The lowest BCUT2D eigenvalue weighted by molar-refractivity contribution is -0.139. The second-order valence-corrected chi connectivity index (χ2v) is 6.14. The number of carbonyl (C=O) groups is 1. The van der Waals surface area contributed by atoms with E-state index < -0.39 is 0 Å². The highest BCUT2D eigenvalue weighted by atomic mass is 32.1. The quantitative estimate of drug-likeness (QED) is 0.819. The minimum Gasteiger partial charge on any atom is -0.469 e. The number of nitrogens with one attached hydrogen (secondary N) is 1. The molecule has 4 heteroatoms. The summed E-state index contributed by atoms with van der Waals surface area (Å²) in [5, 5.41) is 3.59. The minimum absolute atomic E-state index is 0.169. The van der Waals surface area contributed by atoms with Gasteiger partial charge in [0.25, 0.3) is 0 Å². The molecule has 1 aliphatic rings. The van der Waals surface area contributed by atoms with Crippen LogP contribution < -0.4 is 5.32 Å². The van der Waals surface area contributed by atoms with Crippen molar-refractivity contribution < 1.29 is 9.53 Å². The lowest BCUT2D eigenvalue weighted by Gasteiger charge is -2.39. The van der Waals surface area contributed by atoms with Crippen molar-refractivity contribution >= 4 is 17.3 Å². The van der Waals surface area contributed by atoms with E-state index in [2.05, 4.69) is 23.0 Å². The Labute approximate surface area is 106 Å². The van der Waals surface area contributed by atoms with Gasteiger partial charge in [-0.05, 0) is 38.3 Å². The maximum Gasteiger partial charge on any atom is 0.310 e. The molecule has 1 heterocycles. The highest BCUT2D eigenvalue weighted by Gasteiger charge is 2.30. The molecule has 0 spiro atoms. The van der Waals surface area contributed by atoms with Crippen LogP contribution in [0.2, 0.25) is 0 Å². The molecular formula is C13H19NO2S. The first-order valence-electron chi connectivity index (χ1n) is 6.01. The zero-order chi connectivity index (χ0) is 12.3. The summed E-state index contributed by atoms with van der Waals surface area (Å²) in [4.78, 5) is 13.5. The Hall–Kier alpha value is -0.870. The number of thiophene rings is 1. The maximum absolute atomic E-state index is 11.1. The highest BCUT2D eigenvalue weighted by Crippen LogP contribution is 2.31. The first-order chi connectivity index (χ1) is 8.11. The smallest absolute Gasteiger partial charge is 0.310 e. The molecule has 3 nitrogen and oxygen atoms in total. The fourth-order valence-corrected chi connectivity index (χ4v) is 2.95. The fraction of sp³-hybridized carbons (Fsp3) is 0.615. The van der Waals surface area contributed by atoms with Gasteiger partial charge in [-0.1, -0.05) is 0 Å². The lowest BCUT2D eigenvalue weighted by atomic mass is 9.78. The van der Waals surface area contributed by atoms with Gasteiger partial charge >= 0.3 is 5.97 Å². The summed E-state index contributed by atoms with van der Waals surface area (Å²) in [5.41, 5.74) is 0.340. The molecule has 1 saturated carbocycles. The molecule has 0 unspecified atom stereocenters. The van der Waals surface area contributed by atoms with Crippen LogP contribution in [0.4, 0.5) is 0 Å². The standard InChI is InChI=1S/C13H19NO2S/c1-13(6-3-7-13)14-9-11-5-4-10(17-11)8-12(15)16-2/h4-5,14H,3,6-9H2,1-2H3. The summed E-state index contributed by atoms with van der Waals surface area (Å²) in [5.74, 6) is -0.169. The molecule has 17 heavy (non-hydrogen) atoms. The van der Waals surface area contributed by atoms with Gasteiger partial charge < -0.3 is 10.1 Å². The molecule has 1 fully saturated rings. The molecule has 0 bridgehead atoms. The predicted octanol–water partition coefficient (Wildman–Crippen LogP) is 2.50.